The highest BCUT2D eigenvalue weighted by Crippen LogP contribution is 2.16. The maximum Gasteiger partial charge on any atom is 0.410 e. The van der Waals surface area contributed by atoms with E-state index in [-0.39, 0.29) is 38.7 Å². The molecule has 1 fully saturated rings. The molecule has 5 N–H and O–H groups in total. The maximum absolute atomic E-state index is 13.4. The molecular weight excluding hydrogens is 496 g/mol. The van der Waals surface area contributed by atoms with Gasteiger partial charge in [-0.25, -0.2) is 9.78 Å². The topological polar surface area (TPSA) is 144 Å². The first-order valence-electron chi connectivity index (χ1n) is 12.9. The SMILES string of the molecule is Nc1cc(CNC(=O)[C@@H]2CN(C(=O)OCc3ccccc3)CCN2C(=O)[C@H](N)CCc2ccccc2)ccn1. The van der Waals surface area contributed by atoms with E-state index in [1.165, 1.54) is 9.80 Å². The van der Waals surface area contributed by atoms with Crippen LogP contribution in [0.1, 0.15) is 23.1 Å². The molecular formula is C29H34N6O4. The van der Waals surface area contributed by atoms with Crippen LogP contribution in [0.15, 0.2) is 79.0 Å². The molecule has 1 aliphatic rings. The Morgan fingerprint density at radius 2 is 1.67 bits per heavy atom. The third kappa shape index (κ3) is 7.78. The highest BCUT2D eigenvalue weighted by atomic mass is 16.6. The Balaban J connectivity index is 1.42. The van der Waals surface area contributed by atoms with Gasteiger partial charge in [-0.2, -0.15) is 0 Å². The van der Waals surface area contributed by atoms with E-state index in [2.05, 4.69) is 10.3 Å². The number of aryl methyl sites for hydroxylation is 1. The molecule has 3 aromatic rings. The summed E-state index contributed by atoms with van der Waals surface area (Å²) in [6.07, 6.45) is 2.09. The zero-order valence-electron chi connectivity index (χ0n) is 21.7. The summed E-state index contributed by atoms with van der Waals surface area (Å²) in [7, 11) is 0. The smallest absolute Gasteiger partial charge is 0.410 e. The van der Waals surface area contributed by atoms with Gasteiger partial charge in [0.2, 0.25) is 11.8 Å². The lowest BCUT2D eigenvalue weighted by atomic mass is 10.0. The second-order valence-electron chi connectivity index (χ2n) is 9.47. The Bertz CT molecular complexity index is 1260. The van der Waals surface area contributed by atoms with Crippen LogP contribution in [-0.4, -0.2) is 64.4 Å². The van der Waals surface area contributed by atoms with Gasteiger partial charge in [-0.3, -0.25) is 9.59 Å². The van der Waals surface area contributed by atoms with Crippen molar-refractivity contribution >= 4 is 23.7 Å². The maximum atomic E-state index is 13.4. The zero-order valence-corrected chi connectivity index (χ0v) is 21.7. The number of piperazine rings is 1. The largest absolute Gasteiger partial charge is 0.445 e. The number of hydrogen-bond donors (Lipinski definition) is 3. The van der Waals surface area contributed by atoms with Crippen LogP contribution >= 0.6 is 0 Å². The van der Waals surface area contributed by atoms with Crippen LogP contribution < -0.4 is 16.8 Å². The molecule has 4 rings (SSSR count). The molecule has 204 valence electrons. The van der Waals surface area contributed by atoms with Gasteiger partial charge in [0.05, 0.1) is 12.6 Å². The van der Waals surface area contributed by atoms with E-state index in [1.807, 2.05) is 60.7 Å². The molecule has 1 aromatic heterocycles. The second-order valence-corrected chi connectivity index (χ2v) is 9.47. The number of hydrogen-bond acceptors (Lipinski definition) is 7. The highest BCUT2D eigenvalue weighted by Gasteiger charge is 2.38. The zero-order chi connectivity index (χ0) is 27.6. The number of nitrogens with two attached hydrogens (primary N) is 2. The van der Waals surface area contributed by atoms with E-state index < -0.39 is 24.1 Å². The van der Waals surface area contributed by atoms with E-state index in [1.54, 1.807) is 18.3 Å². The number of nitrogens with one attached hydrogen (secondary N) is 1. The lowest BCUT2D eigenvalue weighted by Crippen LogP contribution is -2.63. The predicted molar refractivity (Wildman–Crippen MR) is 147 cm³/mol. The van der Waals surface area contributed by atoms with Crippen LogP contribution in [0.5, 0.6) is 0 Å². The van der Waals surface area contributed by atoms with Crippen molar-refractivity contribution in [1.29, 1.82) is 0 Å². The van der Waals surface area contributed by atoms with Gasteiger partial charge in [0.25, 0.3) is 0 Å². The average molecular weight is 531 g/mol. The molecule has 0 unspecified atom stereocenters. The summed E-state index contributed by atoms with van der Waals surface area (Å²) in [6.45, 7) is 0.704. The number of amides is 3. The van der Waals surface area contributed by atoms with Crippen LogP contribution in [0.2, 0.25) is 0 Å². The number of nitrogens with zero attached hydrogens (tertiary/aromatic N) is 3. The van der Waals surface area contributed by atoms with Gasteiger partial charge in [-0.1, -0.05) is 60.7 Å². The molecule has 0 aliphatic carbocycles. The van der Waals surface area contributed by atoms with Gasteiger partial charge < -0.3 is 31.3 Å². The lowest BCUT2D eigenvalue weighted by molar-refractivity contribution is -0.144. The Kier molecular flexibility index (Phi) is 9.47. The third-order valence-electron chi connectivity index (χ3n) is 6.65. The molecule has 10 heteroatoms. The van der Waals surface area contributed by atoms with E-state index in [9.17, 15) is 14.4 Å². The van der Waals surface area contributed by atoms with Crippen molar-refractivity contribution in [3.8, 4) is 0 Å². The van der Waals surface area contributed by atoms with Gasteiger partial charge in [-0.15, -0.1) is 0 Å². The number of carbonyl (C=O) groups excluding carboxylic acids is 3. The number of aromatic nitrogens is 1. The van der Waals surface area contributed by atoms with Crippen molar-refractivity contribution in [3.05, 3.63) is 95.7 Å². The van der Waals surface area contributed by atoms with Crippen molar-refractivity contribution in [2.24, 2.45) is 5.73 Å². The third-order valence-corrected chi connectivity index (χ3v) is 6.65. The van der Waals surface area contributed by atoms with Gasteiger partial charge in [0, 0.05) is 25.8 Å². The van der Waals surface area contributed by atoms with Crippen LogP contribution in [0.4, 0.5) is 10.6 Å². The molecule has 2 heterocycles. The van der Waals surface area contributed by atoms with Crippen LogP contribution in [-0.2, 0) is 33.9 Å². The Hall–Kier alpha value is -4.44. The Morgan fingerprint density at radius 3 is 2.36 bits per heavy atom. The average Bonchev–Trinajstić information content (AvgIpc) is 2.97. The van der Waals surface area contributed by atoms with E-state index in [4.69, 9.17) is 16.2 Å². The Morgan fingerprint density at radius 1 is 0.974 bits per heavy atom. The summed E-state index contributed by atoms with van der Waals surface area (Å²) in [5.74, 6) is -0.376. The molecule has 3 amide bonds. The lowest BCUT2D eigenvalue weighted by Gasteiger charge is -2.41. The Labute approximate surface area is 227 Å². The first-order valence-corrected chi connectivity index (χ1v) is 12.9. The first kappa shape index (κ1) is 27.6. The number of ether oxygens (including phenoxy) is 1. The van der Waals surface area contributed by atoms with E-state index >= 15 is 0 Å². The quantitative estimate of drug-likeness (QED) is 0.384. The number of anilines is 1. The van der Waals surface area contributed by atoms with Crippen LogP contribution in [0.25, 0.3) is 0 Å². The van der Waals surface area contributed by atoms with Crippen molar-refractivity contribution in [1.82, 2.24) is 20.1 Å². The molecule has 1 saturated heterocycles. The van der Waals surface area contributed by atoms with Gasteiger partial charge in [-0.05, 0) is 41.7 Å². The van der Waals surface area contributed by atoms with Crippen molar-refractivity contribution in [3.63, 3.8) is 0 Å². The number of carbonyl (C=O) groups is 3. The summed E-state index contributed by atoms with van der Waals surface area (Å²) >= 11 is 0. The monoisotopic (exact) mass is 530 g/mol. The number of pyridine rings is 1. The van der Waals surface area contributed by atoms with E-state index in [0.717, 1.165) is 16.7 Å². The molecule has 0 radical (unpaired) electrons. The normalized spacial score (nSPS) is 15.9. The van der Waals surface area contributed by atoms with Crippen molar-refractivity contribution in [2.75, 3.05) is 25.4 Å². The minimum absolute atomic E-state index is 0.00488. The minimum Gasteiger partial charge on any atom is -0.445 e. The van der Waals surface area contributed by atoms with Crippen LogP contribution in [0.3, 0.4) is 0 Å². The molecule has 0 bridgehead atoms. The van der Waals surface area contributed by atoms with Crippen molar-refractivity contribution < 1.29 is 19.1 Å². The fourth-order valence-corrected chi connectivity index (χ4v) is 4.46. The summed E-state index contributed by atoms with van der Waals surface area (Å²) in [6, 6.07) is 20.8. The fraction of sp³-hybridized carbons (Fsp3) is 0.310. The van der Waals surface area contributed by atoms with E-state index in [0.29, 0.717) is 18.7 Å². The highest BCUT2D eigenvalue weighted by molar-refractivity contribution is 5.90. The number of benzene rings is 2. The minimum atomic E-state index is -0.919. The molecule has 2 aromatic carbocycles. The number of rotatable bonds is 9. The van der Waals surface area contributed by atoms with Gasteiger partial charge >= 0.3 is 6.09 Å². The first-order chi connectivity index (χ1) is 18.9. The molecule has 0 spiro atoms. The summed E-state index contributed by atoms with van der Waals surface area (Å²) in [5.41, 5.74) is 14.7. The summed E-state index contributed by atoms with van der Waals surface area (Å²) < 4.78 is 5.48. The molecule has 39 heavy (non-hydrogen) atoms. The van der Waals surface area contributed by atoms with Crippen LogP contribution in [0, 0.1) is 0 Å². The standard InChI is InChI=1S/C29H34N6O4/c30-24(12-11-21-7-3-1-4-8-21)28(37)35-16-15-34(29(38)39-20-22-9-5-2-6-10-22)19-25(35)27(36)33-18-23-13-14-32-26(31)17-23/h1-10,13-14,17,24-25H,11-12,15-16,18-20,30H2,(H2,31,32)(H,33,36)/t24-,25+/m1/s1. The molecule has 10 nitrogen and oxygen atoms in total. The van der Waals surface area contributed by atoms with Crippen molar-refractivity contribution in [2.45, 2.75) is 38.1 Å². The molecule has 2 atom stereocenters. The summed E-state index contributed by atoms with van der Waals surface area (Å²) in [4.78, 5) is 46.5. The fourth-order valence-electron chi connectivity index (χ4n) is 4.46. The van der Waals surface area contributed by atoms with Gasteiger partial charge in [0.1, 0.15) is 18.5 Å². The second kappa shape index (κ2) is 13.4. The predicted octanol–water partition coefficient (Wildman–Crippen LogP) is 2.09. The number of nitrogen functional groups attached to an aromatic ring is 1. The van der Waals surface area contributed by atoms with Gasteiger partial charge in [0.15, 0.2) is 0 Å². The molecule has 0 saturated carbocycles. The molecule has 1 aliphatic heterocycles. The summed E-state index contributed by atoms with van der Waals surface area (Å²) in [5, 5.41) is 2.86.